The number of nitrogens with one attached hydrogen (secondary N) is 1. The summed E-state index contributed by atoms with van der Waals surface area (Å²) in [4.78, 5) is 16.6. The number of hydrogen-bond acceptors (Lipinski definition) is 2. The fourth-order valence-electron chi connectivity index (χ4n) is 2.58. The highest BCUT2D eigenvalue weighted by atomic mass is 35.5. The first-order valence-electron chi connectivity index (χ1n) is 6.70. The van der Waals surface area contributed by atoms with Crippen LogP contribution < -0.4 is 5.32 Å². The summed E-state index contributed by atoms with van der Waals surface area (Å²) in [6.45, 7) is 2.79. The van der Waals surface area contributed by atoms with E-state index in [0.717, 1.165) is 30.0 Å². The Bertz CT molecular complexity index is 650. The third-order valence-electron chi connectivity index (χ3n) is 3.77. The summed E-state index contributed by atoms with van der Waals surface area (Å²) in [5, 5.41) is 3.68. The van der Waals surface area contributed by atoms with E-state index in [1.807, 2.05) is 25.3 Å². The maximum absolute atomic E-state index is 12.4. The summed E-state index contributed by atoms with van der Waals surface area (Å²) in [7, 11) is 0. The van der Waals surface area contributed by atoms with Gasteiger partial charge in [-0.1, -0.05) is 11.6 Å². The van der Waals surface area contributed by atoms with Gasteiger partial charge in [0.15, 0.2) is 0 Å². The van der Waals surface area contributed by atoms with Crippen molar-refractivity contribution < 1.29 is 4.79 Å². The molecule has 0 spiro atoms. The predicted octanol–water partition coefficient (Wildman–Crippen LogP) is 3.05. The van der Waals surface area contributed by atoms with Crippen molar-refractivity contribution >= 4 is 23.2 Å². The lowest BCUT2D eigenvalue weighted by atomic mass is 9.96. The maximum atomic E-state index is 12.4. The summed E-state index contributed by atoms with van der Waals surface area (Å²) in [6.07, 6.45) is 5.30. The van der Waals surface area contributed by atoms with E-state index < -0.39 is 0 Å². The van der Waals surface area contributed by atoms with Gasteiger partial charge < -0.3 is 9.88 Å². The molecule has 0 fully saturated rings. The van der Waals surface area contributed by atoms with Gasteiger partial charge in [-0.15, -0.1) is 0 Å². The fraction of sp³-hybridized carbons (Fsp3) is 0.333. The number of imidazole rings is 1. The van der Waals surface area contributed by atoms with Crippen molar-refractivity contribution in [2.45, 2.75) is 26.3 Å². The average Bonchev–Trinajstić information content (AvgIpc) is 2.89. The van der Waals surface area contributed by atoms with Crippen molar-refractivity contribution in [3.63, 3.8) is 0 Å². The maximum Gasteiger partial charge on any atom is 0.228 e. The number of anilines is 1. The minimum absolute atomic E-state index is 0.0139. The van der Waals surface area contributed by atoms with Crippen LogP contribution in [-0.2, 0) is 17.8 Å². The van der Waals surface area contributed by atoms with E-state index >= 15 is 0 Å². The third-order valence-corrected chi connectivity index (χ3v) is 4.00. The van der Waals surface area contributed by atoms with Crippen LogP contribution in [0.4, 0.5) is 5.69 Å². The van der Waals surface area contributed by atoms with Crippen molar-refractivity contribution in [2.75, 3.05) is 5.32 Å². The Labute approximate surface area is 122 Å². The highest BCUT2D eigenvalue weighted by molar-refractivity contribution is 6.30. The molecule has 0 radical (unpaired) electrons. The smallest absolute Gasteiger partial charge is 0.228 e. The number of carbonyl (C=O) groups excluding carboxylic acids is 1. The topological polar surface area (TPSA) is 46.9 Å². The molecule has 4 nitrogen and oxygen atoms in total. The molecule has 20 heavy (non-hydrogen) atoms. The van der Waals surface area contributed by atoms with Gasteiger partial charge >= 0.3 is 0 Å². The number of halogens is 1. The molecule has 1 N–H and O–H groups in total. The summed E-state index contributed by atoms with van der Waals surface area (Å²) >= 11 is 5.92. The predicted molar refractivity (Wildman–Crippen MR) is 78.9 cm³/mol. The van der Waals surface area contributed by atoms with E-state index in [2.05, 4.69) is 14.9 Å². The van der Waals surface area contributed by atoms with Gasteiger partial charge in [0.2, 0.25) is 5.91 Å². The Hall–Kier alpha value is -1.81. The Balaban J connectivity index is 1.71. The second-order valence-corrected chi connectivity index (χ2v) is 5.61. The number of aryl methyl sites for hydroxylation is 2. The van der Waals surface area contributed by atoms with E-state index in [9.17, 15) is 4.79 Å². The van der Waals surface area contributed by atoms with Gasteiger partial charge in [0.25, 0.3) is 0 Å². The van der Waals surface area contributed by atoms with Gasteiger partial charge in [-0.25, -0.2) is 4.98 Å². The molecule has 104 valence electrons. The molecule has 1 atom stereocenters. The number of fused-ring (bicyclic) bond motifs is 1. The van der Waals surface area contributed by atoms with Crippen molar-refractivity contribution in [3.8, 4) is 0 Å². The largest absolute Gasteiger partial charge is 0.335 e. The van der Waals surface area contributed by atoms with Crippen molar-refractivity contribution in [1.29, 1.82) is 0 Å². The quantitative estimate of drug-likeness (QED) is 0.924. The Kier molecular flexibility index (Phi) is 3.49. The first kappa shape index (κ1) is 13.2. The van der Waals surface area contributed by atoms with Crippen LogP contribution in [0.5, 0.6) is 0 Å². The normalized spacial score (nSPS) is 17.6. The van der Waals surface area contributed by atoms with E-state index in [4.69, 9.17) is 11.6 Å². The zero-order valence-electron chi connectivity index (χ0n) is 11.3. The molecule has 1 unspecified atom stereocenters. The molecule has 0 saturated heterocycles. The molecule has 2 heterocycles. The summed E-state index contributed by atoms with van der Waals surface area (Å²) < 4.78 is 2.11. The number of hydrogen-bond donors (Lipinski definition) is 1. The Morgan fingerprint density at radius 3 is 3.15 bits per heavy atom. The van der Waals surface area contributed by atoms with E-state index in [1.54, 1.807) is 12.3 Å². The molecule has 0 saturated carbocycles. The number of benzene rings is 1. The lowest BCUT2D eigenvalue weighted by molar-refractivity contribution is -0.120. The van der Waals surface area contributed by atoms with E-state index in [-0.39, 0.29) is 11.8 Å². The van der Waals surface area contributed by atoms with Gasteiger partial charge in [0, 0.05) is 42.0 Å². The summed E-state index contributed by atoms with van der Waals surface area (Å²) in [5.74, 6) is 1.04. The third kappa shape index (κ3) is 2.56. The summed E-state index contributed by atoms with van der Waals surface area (Å²) in [5.41, 5.74) is 1.80. The van der Waals surface area contributed by atoms with Crippen LogP contribution in [0, 0.1) is 12.8 Å². The molecular weight excluding hydrogens is 274 g/mol. The molecule has 1 amide bonds. The SMILES string of the molecule is Cc1cc(Cl)ccc1NC(=O)C1CCn2ccnc2C1. The van der Waals surface area contributed by atoms with E-state index in [0.29, 0.717) is 11.4 Å². The molecule has 3 rings (SSSR count). The lowest BCUT2D eigenvalue weighted by Crippen LogP contribution is -2.30. The molecule has 0 aliphatic carbocycles. The second-order valence-electron chi connectivity index (χ2n) is 5.18. The van der Waals surface area contributed by atoms with Gasteiger partial charge in [0.05, 0.1) is 0 Å². The number of nitrogens with zero attached hydrogens (tertiary/aromatic N) is 2. The van der Waals surface area contributed by atoms with Crippen molar-refractivity contribution in [2.24, 2.45) is 5.92 Å². The van der Waals surface area contributed by atoms with Gasteiger partial charge in [-0.3, -0.25) is 4.79 Å². The van der Waals surface area contributed by atoms with Gasteiger partial charge in [0.1, 0.15) is 5.82 Å². The molecule has 2 aromatic rings. The number of amides is 1. The van der Waals surface area contributed by atoms with Crippen molar-refractivity contribution in [1.82, 2.24) is 9.55 Å². The van der Waals surface area contributed by atoms with Gasteiger partial charge in [-0.2, -0.15) is 0 Å². The van der Waals surface area contributed by atoms with Crippen LogP contribution in [0.2, 0.25) is 5.02 Å². The Morgan fingerprint density at radius 1 is 1.50 bits per heavy atom. The monoisotopic (exact) mass is 289 g/mol. The first-order chi connectivity index (χ1) is 9.63. The van der Waals surface area contributed by atoms with Crippen LogP contribution in [0.1, 0.15) is 17.8 Å². The molecule has 1 aromatic heterocycles. The van der Waals surface area contributed by atoms with E-state index in [1.165, 1.54) is 0 Å². The second kappa shape index (κ2) is 5.29. The highest BCUT2D eigenvalue weighted by Gasteiger charge is 2.25. The van der Waals surface area contributed by atoms with Crippen LogP contribution in [0.15, 0.2) is 30.6 Å². The van der Waals surface area contributed by atoms with Crippen LogP contribution >= 0.6 is 11.6 Å². The minimum Gasteiger partial charge on any atom is -0.335 e. The molecule has 1 aliphatic rings. The average molecular weight is 290 g/mol. The molecular formula is C15H16ClN3O. The fourth-order valence-corrected chi connectivity index (χ4v) is 2.80. The number of rotatable bonds is 2. The number of aromatic nitrogens is 2. The van der Waals surface area contributed by atoms with Crippen LogP contribution in [0.3, 0.4) is 0 Å². The first-order valence-corrected chi connectivity index (χ1v) is 7.08. The molecule has 0 bridgehead atoms. The number of carbonyl (C=O) groups is 1. The minimum atomic E-state index is -0.0139. The summed E-state index contributed by atoms with van der Waals surface area (Å²) in [6, 6.07) is 5.49. The molecule has 1 aromatic carbocycles. The standard InChI is InChI=1S/C15H16ClN3O/c1-10-8-12(16)2-3-13(10)18-15(20)11-4-6-19-7-5-17-14(19)9-11/h2-3,5,7-8,11H,4,6,9H2,1H3,(H,18,20). The zero-order valence-corrected chi connectivity index (χ0v) is 12.0. The highest BCUT2D eigenvalue weighted by Crippen LogP contribution is 2.23. The van der Waals surface area contributed by atoms with Gasteiger partial charge in [-0.05, 0) is 37.1 Å². The Morgan fingerprint density at radius 2 is 2.35 bits per heavy atom. The molecule has 5 heteroatoms. The lowest BCUT2D eigenvalue weighted by Gasteiger charge is -2.23. The van der Waals surface area contributed by atoms with Crippen molar-refractivity contribution in [3.05, 3.63) is 47.0 Å². The molecule has 1 aliphatic heterocycles. The van der Waals surface area contributed by atoms with Crippen LogP contribution in [-0.4, -0.2) is 15.5 Å². The van der Waals surface area contributed by atoms with Crippen LogP contribution in [0.25, 0.3) is 0 Å². The zero-order chi connectivity index (χ0) is 14.1.